The summed E-state index contributed by atoms with van der Waals surface area (Å²) >= 11 is 0. The van der Waals surface area contributed by atoms with Crippen molar-refractivity contribution in [3.8, 4) is 0 Å². The molecule has 0 fully saturated rings. The Hall–Kier alpha value is -1.59. The molecule has 0 aromatic heterocycles. The molecular formula is C11H19NO5. The zero-order valence-electron chi connectivity index (χ0n) is 10.3. The highest BCUT2D eigenvalue weighted by atomic mass is 16.4. The summed E-state index contributed by atoms with van der Waals surface area (Å²) in [5.74, 6) is -2.68. The molecule has 0 aliphatic carbocycles. The largest absolute Gasteiger partial charge is 0.481 e. The van der Waals surface area contributed by atoms with E-state index >= 15 is 0 Å². The number of carboxylic acids is 2. The minimum absolute atomic E-state index is 0.111. The van der Waals surface area contributed by atoms with Crippen LogP contribution in [0.1, 0.15) is 40.0 Å². The predicted molar refractivity (Wildman–Crippen MR) is 60.5 cm³/mol. The fourth-order valence-electron chi connectivity index (χ4n) is 1.25. The summed E-state index contributed by atoms with van der Waals surface area (Å²) in [6.07, 6.45) is -0.197. The highest BCUT2D eigenvalue weighted by molar-refractivity contribution is 5.84. The Morgan fingerprint density at radius 2 is 1.71 bits per heavy atom. The molecule has 0 bridgehead atoms. The number of amides is 1. The molecule has 0 rings (SSSR count). The highest BCUT2D eigenvalue weighted by Crippen LogP contribution is 2.18. The number of carbonyl (C=O) groups excluding carboxylic acids is 1. The minimum atomic E-state index is -1.21. The lowest BCUT2D eigenvalue weighted by Crippen LogP contribution is -2.42. The van der Waals surface area contributed by atoms with E-state index in [-0.39, 0.29) is 30.6 Å². The fraction of sp³-hybridized carbons (Fsp3) is 0.727. The molecule has 0 radical (unpaired) electrons. The van der Waals surface area contributed by atoms with Crippen LogP contribution < -0.4 is 5.32 Å². The number of hydrogen-bond donors (Lipinski definition) is 3. The van der Waals surface area contributed by atoms with Gasteiger partial charge in [-0.15, -0.1) is 0 Å². The van der Waals surface area contributed by atoms with Crippen LogP contribution in [-0.2, 0) is 14.4 Å². The van der Waals surface area contributed by atoms with Crippen molar-refractivity contribution >= 4 is 17.8 Å². The highest BCUT2D eigenvalue weighted by Gasteiger charge is 2.23. The summed E-state index contributed by atoms with van der Waals surface area (Å²) in [7, 11) is 0. The first-order valence-corrected chi connectivity index (χ1v) is 5.36. The van der Waals surface area contributed by atoms with Gasteiger partial charge in [0.25, 0.3) is 0 Å². The van der Waals surface area contributed by atoms with Gasteiger partial charge in [0.2, 0.25) is 5.91 Å². The topological polar surface area (TPSA) is 104 Å². The van der Waals surface area contributed by atoms with Crippen molar-refractivity contribution in [2.45, 2.75) is 46.1 Å². The summed E-state index contributed by atoms with van der Waals surface area (Å²) in [6.45, 7) is 5.58. The van der Waals surface area contributed by atoms with Crippen LogP contribution in [0, 0.1) is 5.41 Å². The Kier molecular flexibility index (Phi) is 5.64. The second kappa shape index (κ2) is 6.22. The molecule has 3 N–H and O–H groups in total. The fourth-order valence-corrected chi connectivity index (χ4v) is 1.25. The maximum Gasteiger partial charge on any atom is 0.326 e. The van der Waals surface area contributed by atoms with Crippen LogP contribution in [0.4, 0.5) is 0 Å². The number of carboxylic acid groups (broad SMARTS) is 2. The molecule has 0 unspecified atom stereocenters. The Bertz CT molecular complexity index is 305. The lowest BCUT2D eigenvalue weighted by molar-refractivity contribution is -0.143. The maximum absolute atomic E-state index is 11.5. The van der Waals surface area contributed by atoms with E-state index < -0.39 is 18.0 Å². The van der Waals surface area contributed by atoms with E-state index in [4.69, 9.17) is 10.2 Å². The number of aliphatic carboxylic acids is 2. The van der Waals surface area contributed by atoms with Crippen molar-refractivity contribution in [1.29, 1.82) is 0 Å². The number of rotatable bonds is 6. The van der Waals surface area contributed by atoms with Gasteiger partial charge in [-0.2, -0.15) is 0 Å². The van der Waals surface area contributed by atoms with Gasteiger partial charge in [0.1, 0.15) is 6.04 Å². The third-order valence-corrected chi connectivity index (χ3v) is 1.97. The molecule has 0 saturated heterocycles. The molecule has 1 atom stereocenters. The van der Waals surface area contributed by atoms with E-state index in [2.05, 4.69) is 5.32 Å². The van der Waals surface area contributed by atoms with E-state index in [9.17, 15) is 14.4 Å². The van der Waals surface area contributed by atoms with Gasteiger partial charge >= 0.3 is 11.9 Å². The third kappa shape index (κ3) is 8.24. The van der Waals surface area contributed by atoms with Crippen molar-refractivity contribution in [2.75, 3.05) is 0 Å². The van der Waals surface area contributed by atoms with Gasteiger partial charge in [0, 0.05) is 12.8 Å². The lowest BCUT2D eigenvalue weighted by Gasteiger charge is -2.19. The predicted octanol–water partition coefficient (Wildman–Crippen LogP) is 0.857. The van der Waals surface area contributed by atoms with Crippen LogP contribution >= 0.6 is 0 Å². The second-order valence-corrected chi connectivity index (χ2v) is 5.13. The summed E-state index contributed by atoms with van der Waals surface area (Å²) in [6, 6.07) is -1.14. The summed E-state index contributed by atoms with van der Waals surface area (Å²) < 4.78 is 0. The van der Waals surface area contributed by atoms with Crippen molar-refractivity contribution < 1.29 is 24.6 Å². The lowest BCUT2D eigenvalue weighted by atomic mass is 9.92. The Morgan fingerprint density at radius 1 is 1.18 bits per heavy atom. The SMILES string of the molecule is CC(C)(C)CC(=O)N[C@@H](CCC(=O)O)C(=O)O. The van der Waals surface area contributed by atoms with E-state index in [1.165, 1.54) is 0 Å². The third-order valence-electron chi connectivity index (χ3n) is 1.97. The van der Waals surface area contributed by atoms with Crippen molar-refractivity contribution in [2.24, 2.45) is 5.41 Å². The molecule has 6 nitrogen and oxygen atoms in total. The molecule has 0 heterocycles. The molecule has 1 amide bonds. The van der Waals surface area contributed by atoms with Gasteiger partial charge in [-0.25, -0.2) is 4.79 Å². The summed E-state index contributed by atoms with van der Waals surface area (Å²) in [4.78, 5) is 32.6. The van der Waals surface area contributed by atoms with Crippen molar-refractivity contribution in [3.05, 3.63) is 0 Å². The van der Waals surface area contributed by atoms with Gasteiger partial charge in [0.05, 0.1) is 0 Å². The zero-order chi connectivity index (χ0) is 13.6. The normalized spacial score (nSPS) is 12.9. The van der Waals surface area contributed by atoms with Crippen molar-refractivity contribution in [3.63, 3.8) is 0 Å². The summed E-state index contributed by atoms with van der Waals surface area (Å²) in [5, 5.41) is 19.6. The Labute approximate surface area is 100 Å². The first-order valence-electron chi connectivity index (χ1n) is 5.36. The van der Waals surface area contributed by atoms with Gasteiger partial charge in [-0.3, -0.25) is 9.59 Å². The van der Waals surface area contributed by atoms with Crippen LogP contribution in [0.2, 0.25) is 0 Å². The van der Waals surface area contributed by atoms with Crippen LogP contribution in [0.5, 0.6) is 0 Å². The standard InChI is InChI=1S/C11H19NO5/c1-11(2,3)6-8(13)12-7(10(16)17)4-5-9(14)15/h7H,4-6H2,1-3H3,(H,12,13)(H,14,15)(H,16,17)/t7-/m0/s1. The van der Waals surface area contributed by atoms with E-state index in [1.807, 2.05) is 20.8 Å². The molecule has 0 aromatic carbocycles. The number of carbonyl (C=O) groups is 3. The van der Waals surface area contributed by atoms with Gasteiger partial charge in [-0.1, -0.05) is 20.8 Å². The van der Waals surface area contributed by atoms with Crippen LogP contribution in [0.25, 0.3) is 0 Å². The number of nitrogens with one attached hydrogen (secondary N) is 1. The molecule has 0 aliphatic rings. The molecule has 98 valence electrons. The van der Waals surface area contributed by atoms with Gasteiger partial charge < -0.3 is 15.5 Å². The molecule has 0 saturated carbocycles. The van der Waals surface area contributed by atoms with Gasteiger partial charge in [-0.05, 0) is 11.8 Å². The monoisotopic (exact) mass is 245 g/mol. The second-order valence-electron chi connectivity index (χ2n) is 5.13. The van der Waals surface area contributed by atoms with E-state index in [0.29, 0.717) is 0 Å². The van der Waals surface area contributed by atoms with Crippen LogP contribution in [0.3, 0.4) is 0 Å². The number of hydrogen-bond acceptors (Lipinski definition) is 3. The average Bonchev–Trinajstić information content (AvgIpc) is 2.08. The minimum Gasteiger partial charge on any atom is -0.481 e. The first kappa shape index (κ1) is 15.4. The zero-order valence-corrected chi connectivity index (χ0v) is 10.3. The van der Waals surface area contributed by atoms with Crippen molar-refractivity contribution in [1.82, 2.24) is 5.32 Å². The first-order chi connectivity index (χ1) is 7.61. The molecule has 17 heavy (non-hydrogen) atoms. The smallest absolute Gasteiger partial charge is 0.326 e. The average molecular weight is 245 g/mol. The molecule has 0 aromatic rings. The van der Waals surface area contributed by atoms with E-state index in [0.717, 1.165) is 0 Å². The maximum atomic E-state index is 11.5. The molecular weight excluding hydrogens is 226 g/mol. The summed E-state index contributed by atoms with van der Waals surface area (Å²) in [5.41, 5.74) is -0.236. The Balaban J connectivity index is 4.30. The molecule has 6 heteroatoms. The quantitative estimate of drug-likeness (QED) is 0.643. The van der Waals surface area contributed by atoms with Crippen LogP contribution in [-0.4, -0.2) is 34.1 Å². The molecule has 0 aliphatic heterocycles. The Morgan fingerprint density at radius 3 is 2.06 bits per heavy atom. The van der Waals surface area contributed by atoms with Gasteiger partial charge in [0.15, 0.2) is 0 Å². The van der Waals surface area contributed by atoms with E-state index in [1.54, 1.807) is 0 Å². The van der Waals surface area contributed by atoms with Crippen LogP contribution in [0.15, 0.2) is 0 Å². The molecule has 0 spiro atoms.